The largest absolute Gasteiger partial charge is 0.204 e. The van der Waals surface area contributed by atoms with E-state index in [-0.39, 0.29) is 0 Å². The number of benzene rings is 2. The molecule has 0 spiro atoms. The van der Waals surface area contributed by atoms with E-state index in [0.717, 1.165) is 11.1 Å². The van der Waals surface area contributed by atoms with Crippen molar-refractivity contribution >= 4 is 34.4 Å². The van der Waals surface area contributed by atoms with Crippen LogP contribution in [-0.2, 0) is 0 Å². The molecular formula is C22H17F2NS2. The van der Waals surface area contributed by atoms with Gasteiger partial charge in [0, 0.05) is 9.75 Å². The van der Waals surface area contributed by atoms with Crippen molar-refractivity contribution in [2.75, 3.05) is 0 Å². The van der Waals surface area contributed by atoms with Crippen molar-refractivity contribution in [3.05, 3.63) is 65.0 Å². The molecule has 0 unspecified atom stereocenters. The van der Waals surface area contributed by atoms with Crippen LogP contribution in [0, 0.1) is 11.6 Å². The van der Waals surface area contributed by atoms with Crippen LogP contribution in [0.15, 0.2) is 53.5 Å². The van der Waals surface area contributed by atoms with E-state index in [1.54, 1.807) is 0 Å². The lowest BCUT2D eigenvalue weighted by Crippen LogP contribution is -1.87. The van der Waals surface area contributed by atoms with Gasteiger partial charge < -0.3 is 0 Å². The lowest BCUT2D eigenvalue weighted by Gasteiger charge is -2.06. The van der Waals surface area contributed by atoms with Gasteiger partial charge in [-0.1, -0.05) is 37.1 Å². The maximum absolute atomic E-state index is 14.1. The summed E-state index contributed by atoms with van der Waals surface area (Å²) in [5.74, 6) is -0.778. The van der Waals surface area contributed by atoms with Gasteiger partial charge >= 0.3 is 0 Å². The highest BCUT2D eigenvalue weighted by Crippen LogP contribution is 2.40. The average molecular weight is 398 g/mol. The molecule has 1 aliphatic rings. The predicted molar refractivity (Wildman–Crippen MR) is 111 cm³/mol. The number of thiocarbonyl (C=S) groups is 1. The van der Waals surface area contributed by atoms with Gasteiger partial charge in [0.25, 0.3) is 0 Å². The first-order valence-corrected chi connectivity index (χ1v) is 10.2. The third kappa shape index (κ3) is 3.77. The van der Waals surface area contributed by atoms with Gasteiger partial charge in [-0.3, -0.25) is 0 Å². The Morgan fingerprint density at radius 3 is 2.15 bits per heavy atom. The number of isothiocyanates is 1. The molecule has 1 fully saturated rings. The SMILES string of the molecule is Fc1cc(-c2ccc(-c3ccc(C4CCCC4)s3)cc2)cc(F)c1N=C=S. The lowest BCUT2D eigenvalue weighted by molar-refractivity contribution is 0.588. The summed E-state index contributed by atoms with van der Waals surface area (Å²) in [5, 5.41) is 2.00. The van der Waals surface area contributed by atoms with Crippen molar-refractivity contribution in [1.29, 1.82) is 0 Å². The molecule has 27 heavy (non-hydrogen) atoms. The van der Waals surface area contributed by atoms with Crippen molar-refractivity contribution in [2.24, 2.45) is 4.99 Å². The Hall–Kier alpha value is -2.20. The van der Waals surface area contributed by atoms with Crippen molar-refractivity contribution in [2.45, 2.75) is 31.6 Å². The maximum atomic E-state index is 14.1. The van der Waals surface area contributed by atoms with Crippen LogP contribution in [0.25, 0.3) is 21.6 Å². The summed E-state index contributed by atoms with van der Waals surface area (Å²) < 4.78 is 28.1. The van der Waals surface area contributed by atoms with Crippen LogP contribution in [0.5, 0.6) is 0 Å². The van der Waals surface area contributed by atoms with E-state index in [0.29, 0.717) is 11.5 Å². The molecule has 0 saturated heterocycles. The Morgan fingerprint density at radius 1 is 0.889 bits per heavy atom. The van der Waals surface area contributed by atoms with E-state index in [4.69, 9.17) is 0 Å². The van der Waals surface area contributed by atoms with E-state index >= 15 is 0 Å². The maximum Gasteiger partial charge on any atom is 0.153 e. The van der Waals surface area contributed by atoms with Crippen LogP contribution in [0.1, 0.15) is 36.5 Å². The van der Waals surface area contributed by atoms with Crippen LogP contribution in [0.4, 0.5) is 14.5 Å². The second-order valence-corrected chi connectivity index (χ2v) is 8.05. The molecule has 136 valence electrons. The molecule has 4 rings (SSSR count). The van der Waals surface area contributed by atoms with Crippen molar-refractivity contribution < 1.29 is 8.78 Å². The number of hydrogen-bond acceptors (Lipinski definition) is 3. The molecule has 1 saturated carbocycles. The van der Waals surface area contributed by atoms with E-state index in [9.17, 15) is 8.78 Å². The van der Waals surface area contributed by atoms with Crippen molar-refractivity contribution in [3.63, 3.8) is 0 Å². The van der Waals surface area contributed by atoms with Crippen LogP contribution >= 0.6 is 23.6 Å². The number of thiophene rings is 1. The van der Waals surface area contributed by atoms with Gasteiger partial charge in [-0.2, -0.15) is 4.99 Å². The van der Waals surface area contributed by atoms with Gasteiger partial charge in [0.2, 0.25) is 0 Å². The summed E-state index contributed by atoms with van der Waals surface area (Å²) in [6.45, 7) is 0. The first kappa shape index (κ1) is 18.2. The van der Waals surface area contributed by atoms with Gasteiger partial charge in [-0.05, 0) is 71.9 Å². The molecule has 0 radical (unpaired) electrons. The molecule has 1 heterocycles. The molecule has 1 aromatic heterocycles. The Morgan fingerprint density at radius 2 is 1.52 bits per heavy atom. The number of nitrogens with zero attached hydrogens (tertiary/aromatic N) is 1. The van der Waals surface area contributed by atoms with Gasteiger partial charge in [0.1, 0.15) is 5.69 Å². The summed E-state index contributed by atoms with van der Waals surface area (Å²) in [6.07, 6.45) is 5.24. The number of aliphatic imine (C=N–C) groups is 1. The van der Waals surface area contributed by atoms with Crippen LogP contribution < -0.4 is 0 Å². The molecule has 0 amide bonds. The lowest BCUT2D eigenvalue weighted by atomic mass is 10.0. The molecule has 0 bridgehead atoms. The van der Waals surface area contributed by atoms with Gasteiger partial charge in [0.05, 0.1) is 5.16 Å². The fraction of sp³-hybridized carbons (Fsp3) is 0.227. The smallest absolute Gasteiger partial charge is 0.153 e. The molecule has 2 aromatic carbocycles. The molecule has 1 nitrogen and oxygen atoms in total. The second-order valence-electron chi connectivity index (χ2n) is 6.75. The minimum atomic E-state index is -0.745. The summed E-state index contributed by atoms with van der Waals surface area (Å²) in [4.78, 5) is 6.14. The monoisotopic (exact) mass is 397 g/mol. The van der Waals surface area contributed by atoms with Gasteiger partial charge in [-0.25, -0.2) is 8.78 Å². The fourth-order valence-electron chi connectivity index (χ4n) is 3.65. The normalized spacial score (nSPS) is 14.3. The molecular weight excluding hydrogens is 380 g/mol. The number of hydrogen-bond donors (Lipinski definition) is 0. The molecule has 0 N–H and O–H groups in total. The number of rotatable bonds is 4. The minimum absolute atomic E-state index is 0.400. The van der Waals surface area contributed by atoms with Crippen molar-refractivity contribution in [3.8, 4) is 21.6 Å². The van der Waals surface area contributed by atoms with Crippen LogP contribution in [0.2, 0.25) is 0 Å². The minimum Gasteiger partial charge on any atom is -0.204 e. The summed E-state index contributed by atoms with van der Waals surface area (Å²) >= 11 is 6.28. The molecule has 0 aliphatic heterocycles. The van der Waals surface area contributed by atoms with E-state index in [1.807, 2.05) is 40.8 Å². The topological polar surface area (TPSA) is 12.4 Å². The Bertz CT molecular complexity index is 988. The summed E-state index contributed by atoms with van der Waals surface area (Å²) in [5.41, 5.74) is 1.94. The van der Waals surface area contributed by atoms with Crippen molar-refractivity contribution in [1.82, 2.24) is 0 Å². The van der Waals surface area contributed by atoms with Crippen LogP contribution in [-0.4, -0.2) is 5.16 Å². The first-order valence-electron chi connectivity index (χ1n) is 8.93. The second kappa shape index (κ2) is 7.81. The third-order valence-corrected chi connectivity index (χ3v) is 6.45. The Labute approximate surface area is 166 Å². The average Bonchev–Trinajstić information content (AvgIpc) is 3.36. The van der Waals surface area contributed by atoms with E-state index in [2.05, 4.69) is 29.3 Å². The van der Waals surface area contributed by atoms with E-state index < -0.39 is 17.3 Å². The Kier molecular flexibility index (Phi) is 5.26. The summed E-state index contributed by atoms with van der Waals surface area (Å²) in [6, 6.07) is 14.7. The molecule has 3 aromatic rings. The zero-order valence-electron chi connectivity index (χ0n) is 14.5. The highest BCUT2D eigenvalue weighted by atomic mass is 32.1. The molecule has 5 heteroatoms. The number of halogens is 2. The van der Waals surface area contributed by atoms with E-state index in [1.165, 1.54) is 47.6 Å². The predicted octanol–water partition coefficient (Wildman–Crippen LogP) is 7.75. The van der Waals surface area contributed by atoms with Crippen LogP contribution in [0.3, 0.4) is 0 Å². The zero-order valence-corrected chi connectivity index (χ0v) is 16.2. The Balaban J connectivity index is 1.60. The molecule has 0 atom stereocenters. The highest BCUT2D eigenvalue weighted by molar-refractivity contribution is 7.78. The quantitative estimate of drug-likeness (QED) is 0.324. The highest BCUT2D eigenvalue weighted by Gasteiger charge is 2.19. The summed E-state index contributed by atoms with van der Waals surface area (Å²) in [7, 11) is 0. The van der Waals surface area contributed by atoms with Gasteiger partial charge in [0.15, 0.2) is 11.6 Å². The fourth-order valence-corrected chi connectivity index (χ4v) is 4.92. The third-order valence-electron chi connectivity index (χ3n) is 5.06. The standard InChI is InChI=1S/C22H17F2NS2/c23-18-11-17(12-19(24)22(18)25-13-26)14-5-7-16(8-6-14)21-10-9-20(27-21)15-3-1-2-4-15/h5-12,15H,1-4H2. The first-order chi connectivity index (χ1) is 13.2. The van der Waals surface area contributed by atoms with Gasteiger partial charge in [-0.15, -0.1) is 11.3 Å². The molecule has 1 aliphatic carbocycles. The zero-order chi connectivity index (χ0) is 18.8.